The van der Waals surface area contributed by atoms with Crippen molar-refractivity contribution < 1.29 is 0 Å². The van der Waals surface area contributed by atoms with Gasteiger partial charge in [-0.3, -0.25) is 4.90 Å². The Labute approximate surface area is 114 Å². The van der Waals surface area contributed by atoms with Crippen molar-refractivity contribution in [3.63, 3.8) is 0 Å². The summed E-state index contributed by atoms with van der Waals surface area (Å²) in [5, 5.41) is 0.838. The molecule has 3 heteroatoms. The summed E-state index contributed by atoms with van der Waals surface area (Å²) in [6, 6.07) is 9.62. The van der Waals surface area contributed by atoms with Gasteiger partial charge in [0.25, 0.3) is 0 Å². The Bertz CT molecular complexity index is 417. The molecule has 1 heterocycles. The van der Waals surface area contributed by atoms with Gasteiger partial charge in [0.05, 0.1) is 0 Å². The van der Waals surface area contributed by atoms with Crippen LogP contribution >= 0.6 is 11.6 Å². The van der Waals surface area contributed by atoms with E-state index in [-0.39, 0.29) is 0 Å². The van der Waals surface area contributed by atoms with E-state index in [1.54, 1.807) is 0 Å². The molecule has 1 aromatic rings. The lowest BCUT2D eigenvalue weighted by Crippen LogP contribution is -2.42. The van der Waals surface area contributed by atoms with Crippen LogP contribution < -0.4 is 5.73 Å². The molecule has 2 nitrogen and oxygen atoms in total. The van der Waals surface area contributed by atoms with Crippen molar-refractivity contribution in [2.45, 2.75) is 37.8 Å². The second kappa shape index (κ2) is 5.20. The summed E-state index contributed by atoms with van der Waals surface area (Å²) in [5.41, 5.74) is 7.34. The van der Waals surface area contributed by atoms with Crippen LogP contribution in [0.4, 0.5) is 0 Å². The van der Waals surface area contributed by atoms with Crippen LogP contribution in [0, 0.1) is 5.92 Å². The fourth-order valence-corrected chi connectivity index (χ4v) is 3.52. The van der Waals surface area contributed by atoms with Gasteiger partial charge in [0.1, 0.15) is 0 Å². The minimum absolute atomic E-state index is 0.481. The van der Waals surface area contributed by atoms with E-state index in [1.165, 1.54) is 37.8 Å². The third-order valence-electron chi connectivity index (χ3n) is 4.30. The average Bonchev–Trinajstić information content (AvgIpc) is 3.22. The molecule has 2 N–H and O–H groups in total. The molecule has 1 aromatic carbocycles. The quantitative estimate of drug-likeness (QED) is 0.908. The molecular formula is C15H21ClN2. The van der Waals surface area contributed by atoms with Gasteiger partial charge in [0.2, 0.25) is 0 Å². The van der Waals surface area contributed by atoms with E-state index in [0.29, 0.717) is 12.0 Å². The number of likely N-dealkylation sites (tertiary alicyclic amines) is 1. The topological polar surface area (TPSA) is 29.3 Å². The Morgan fingerprint density at radius 2 is 2.11 bits per heavy atom. The molecule has 1 saturated heterocycles. The Morgan fingerprint density at radius 1 is 1.28 bits per heavy atom. The van der Waals surface area contributed by atoms with Crippen molar-refractivity contribution in [3.05, 3.63) is 34.9 Å². The van der Waals surface area contributed by atoms with Crippen molar-refractivity contribution in [3.8, 4) is 0 Å². The standard InChI is InChI=1S/C15H21ClN2/c16-13-5-1-3-11(9-13)15-12(10-17)4-2-8-18(15)14-6-7-14/h1,3,5,9,12,14-15H,2,4,6-8,10,17H2. The first-order valence-electron chi connectivity index (χ1n) is 7.01. The first-order valence-corrected chi connectivity index (χ1v) is 7.38. The summed E-state index contributed by atoms with van der Waals surface area (Å²) >= 11 is 6.15. The maximum Gasteiger partial charge on any atom is 0.0409 e. The normalized spacial score (nSPS) is 29.4. The number of benzene rings is 1. The number of nitrogens with two attached hydrogens (primary N) is 1. The van der Waals surface area contributed by atoms with Crippen LogP contribution in [0.15, 0.2) is 24.3 Å². The smallest absolute Gasteiger partial charge is 0.0409 e. The molecule has 2 atom stereocenters. The summed E-state index contributed by atoms with van der Waals surface area (Å²) in [6.07, 6.45) is 5.25. The van der Waals surface area contributed by atoms with E-state index in [4.69, 9.17) is 17.3 Å². The van der Waals surface area contributed by atoms with Crippen LogP contribution in [-0.2, 0) is 0 Å². The SMILES string of the molecule is NCC1CCCN(C2CC2)C1c1cccc(Cl)c1. The largest absolute Gasteiger partial charge is 0.330 e. The van der Waals surface area contributed by atoms with Crippen LogP contribution in [0.5, 0.6) is 0 Å². The second-order valence-corrected chi connectivity index (χ2v) is 6.04. The van der Waals surface area contributed by atoms with Crippen molar-refractivity contribution in [1.82, 2.24) is 4.90 Å². The minimum atomic E-state index is 0.481. The monoisotopic (exact) mass is 264 g/mol. The van der Waals surface area contributed by atoms with E-state index in [1.807, 2.05) is 6.07 Å². The van der Waals surface area contributed by atoms with E-state index >= 15 is 0 Å². The Balaban J connectivity index is 1.91. The van der Waals surface area contributed by atoms with Crippen LogP contribution in [0.2, 0.25) is 5.02 Å². The van der Waals surface area contributed by atoms with Crippen LogP contribution in [0.25, 0.3) is 0 Å². The molecule has 0 aromatic heterocycles. The third kappa shape index (κ3) is 2.42. The zero-order valence-electron chi connectivity index (χ0n) is 10.7. The molecule has 2 aliphatic rings. The van der Waals surface area contributed by atoms with E-state index in [9.17, 15) is 0 Å². The van der Waals surface area contributed by atoms with Crippen LogP contribution in [-0.4, -0.2) is 24.0 Å². The first-order chi connectivity index (χ1) is 8.79. The number of rotatable bonds is 3. The summed E-state index contributed by atoms with van der Waals surface area (Å²) in [5.74, 6) is 0.581. The van der Waals surface area contributed by atoms with Gasteiger partial charge in [-0.1, -0.05) is 23.7 Å². The Hall–Kier alpha value is -0.570. The first kappa shape index (κ1) is 12.5. The molecule has 0 radical (unpaired) electrons. The fourth-order valence-electron chi connectivity index (χ4n) is 3.32. The van der Waals surface area contributed by atoms with Crippen molar-refractivity contribution in [2.75, 3.05) is 13.1 Å². The number of piperidine rings is 1. The predicted molar refractivity (Wildman–Crippen MR) is 75.7 cm³/mol. The number of nitrogens with zero attached hydrogens (tertiary/aromatic N) is 1. The molecule has 18 heavy (non-hydrogen) atoms. The molecule has 3 rings (SSSR count). The third-order valence-corrected chi connectivity index (χ3v) is 4.54. The van der Waals surface area contributed by atoms with Crippen molar-refractivity contribution in [2.24, 2.45) is 11.7 Å². The summed E-state index contributed by atoms with van der Waals surface area (Å²) < 4.78 is 0. The fraction of sp³-hybridized carbons (Fsp3) is 0.600. The Morgan fingerprint density at radius 3 is 2.78 bits per heavy atom. The second-order valence-electron chi connectivity index (χ2n) is 5.61. The van der Waals surface area contributed by atoms with Gasteiger partial charge in [-0.2, -0.15) is 0 Å². The van der Waals surface area contributed by atoms with Crippen LogP contribution in [0.3, 0.4) is 0 Å². The van der Waals surface area contributed by atoms with Gasteiger partial charge in [-0.15, -0.1) is 0 Å². The molecule has 2 fully saturated rings. The lowest BCUT2D eigenvalue weighted by Gasteiger charge is -2.41. The minimum Gasteiger partial charge on any atom is -0.330 e. The average molecular weight is 265 g/mol. The lowest BCUT2D eigenvalue weighted by molar-refractivity contribution is 0.0880. The molecule has 98 valence electrons. The highest BCUT2D eigenvalue weighted by Gasteiger charge is 2.39. The number of hydrogen-bond donors (Lipinski definition) is 1. The summed E-state index contributed by atoms with van der Waals surface area (Å²) in [6.45, 7) is 2.00. The van der Waals surface area contributed by atoms with E-state index in [0.717, 1.165) is 17.6 Å². The maximum absolute atomic E-state index is 6.15. The highest BCUT2D eigenvalue weighted by atomic mass is 35.5. The molecule has 2 unspecified atom stereocenters. The number of hydrogen-bond acceptors (Lipinski definition) is 2. The van der Waals surface area contributed by atoms with E-state index in [2.05, 4.69) is 23.1 Å². The van der Waals surface area contributed by atoms with Gasteiger partial charge >= 0.3 is 0 Å². The molecule has 1 aliphatic heterocycles. The zero-order chi connectivity index (χ0) is 12.5. The van der Waals surface area contributed by atoms with Crippen LogP contribution in [0.1, 0.15) is 37.3 Å². The number of halogens is 1. The van der Waals surface area contributed by atoms with Gasteiger partial charge in [-0.05, 0) is 62.4 Å². The molecular weight excluding hydrogens is 244 g/mol. The maximum atomic E-state index is 6.15. The zero-order valence-corrected chi connectivity index (χ0v) is 11.4. The highest BCUT2D eigenvalue weighted by molar-refractivity contribution is 6.30. The molecule has 1 saturated carbocycles. The van der Waals surface area contributed by atoms with Crippen molar-refractivity contribution >= 4 is 11.6 Å². The highest BCUT2D eigenvalue weighted by Crippen LogP contribution is 2.42. The molecule has 0 amide bonds. The van der Waals surface area contributed by atoms with Gasteiger partial charge < -0.3 is 5.73 Å². The predicted octanol–water partition coefficient (Wildman–Crippen LogP) is 3.21. The molecule has 0 spiro atoms. The van der Waals surface area contributed by atoms with Gasteiger partial charge in [-0.25, -0.2) is 0 Å². The lowest BCUT2D eigenvalue weighted by atomic mass is 9.84. The summed E-state index contributed by atoms with van der Waals surface area (Å²) in [4.78, 5) is 2.67. The molecule has 0 bridgehead atoms. The molecule has 1 aliphatic carbocycles. The Kier molecular flexibility index (Phi) is 3.60. The van der Waals surface area contributed by atoms with Crippen molar-refractivity contribution in [1.29, 1.82) is 0 Å². The van der Waals surface area contributed by atoms with Gasteiger partial charge in [0.15, 0.2) is 0 Å². The van der Waals surface area contributed by atoms with Gasteiger partial charge in [0, 0.05) is 17.1 Å². The summed E-state index contributed by atoms with van der Waals surface area (Å²) in [7, 11) is 0. The van der Waals surface area contributed by atoms with E-state index < -0.39 is 0 Å².